The monoisotopic (exact) mass is 129 g/mol. The molecule has 1 rings (SSSR count). The Bertz CT molecular complexity index is 124. The van der Waals surface area contributed by atoms with Gasteiger partial charge in [-0.15, -0.1) is 0 Å². The number of cyclic esters (lactones) is 1. The van der Waals surface area contributed by atoms with E-state index in [0.29, 0.717) is 12.6 Å². The number of ether oxygens (including phenoxy) is 1. The van der Waals surface area contributed by atoms with Crippen LogP contribution in [0.5, 0.6) is 0 Å². The van der Waals surface area contributed by atoms with Gasteiger partial charge in [-0.3, -0.25) is 4.79 Å². The van der Waals surface area contributed by atoms with Crippen LogP contribution >= 0.6 is 0 Å². The first kappa shape index (κ1) is 6.55. The highest BCUT2D eigenvalue weighted by molar-refractivity contribution is 5.72. The van der Waals surface area contributed by atoms with E-state index >= 15 is 0 Å². The van der Waals surface area contributed by atoms with Crippen molar-refractivity contribution in [2.45, 2.75) is 26.0 Å². The second-order valence-electron chi connectivity index (χ2n) is 2.36. The van der Waals surface area contributed by atoms with E-state index in [1.165, 1.54) is 0 Å². The number of morpholine rings is 1. The molecule has 2 atom stereocenters. The molecular formula is C6H11NO2. The molecule has 0 aromatic heterocycles. The van der Waals surface area contributed by atoms with E-state index < -0.39 is 0 Å². The van der Waals surface area contributed by atoms with Gasteiger partial charge in [-0.2, -0.15) is 0 Å². The lowest BCUT2D eigenvalue weighted by molar-refractivity contribution is -0.152. The fourth-order valence-corrected chi connectivity index (χ4v) is 0.761. The van der Waals surface area contributed by atoms with Gasteiger partial charge in [0.15, 0.2) is 0 Å². The van der Waals surface area contributed by atoms with Crippen molar-refractivity contribution in [2.24, 2.45) is 0 Å². The van der Waals surface area contributed by atoms with Crippen molar-refractivity contribution in [3.8, 4) is 0 Å². The molecule has 3 heteroatoms. The molecular weight excluding hydrogens is 118 g/mol. The summed E-state index contributed by atoms with van der Waals surface area (Å²) in [4.78, 5) is 10.5. The minimum absolute atomic E-state index is 0.0197. The standard InChI is InChI=1S/C6H11NO2/c1-4-5(2)9-6(8)3-7-4/h4-5,7H,3H2,1-2H3/t4-,5+/m1/s1. The van der Waals surface area contributed by atoms with E-state index in [-0.39, 0.29) is 12.1 Å². The molecule has 1 saturated heterocycles. The number of carbonyl (C=O) groups is 1. The van der Waals surface area contributed by atoms with Gasteiger partial charge in [0.1, 0.15) is 6.10 Å². The molecule has 0 radical (unpaired) electrons. The third-order valence-electron chi connectivity index (χ3n) is 1.59. The maximum atomic E-state index is 10.5. The zero-order valence-corrected chi connectivity index (χ0v) is 5.68. The van der Waals surface area contributed by atoms with Gasteiger partial charge < -0.3 is 10.1 Å². The van der Waals surface area contributed by atoms with Crippen molar-refractivity contribution in [2.75, 3.05) is 6.54 Å². The third kappa shape index (κ3) is 1.42. The Morgan fingerprint density at radius 3 is 2.78 bits per heavy atom. The largest absolute Gasteiger partial charge is 0.460 e. The maximum Gasteiger partial charge on any atom is 0.320 e. The highest BCUT2D eigenvalue weighted by Crippen LogP contribution is 2.02. The topological polar surface area (TPSA) is 38.3 Å². The number of esters is 1. The minimum Gasteiger partial charge on any atom is -0.460 e. The molecule has 1 N–H and O–H groups in total. The summed E-state index contributed by atoms with van der Waals surface area (Å²) in [6, 6.07) is 0.294. The molecule has 1 aliphatic heterocycles. The predicted molar refractivity (Wildman–Crippen MR) is 33.0 cm³/mol. The lowest BCUT2D eigenvalue weighted by Crippen LogP contribution is -2.47. The van der Waals surface area contributed by atoms with Crippen molar-refractivity contribution in [3.63, 3.8) is 0 Å². The zero-order valence-electron chi connectivity index (χ0n) is 5.68. The van der Waals surface area contributed by atoms with Crippen molar-refractivity contribution >= 4 is 5.97 Å². The Morgan fingerprint density at radius 2 is 2.33 bits per heavy atom. The normalized spacial score (nSPS) is 36.0. The molecule has 0 amide bonds. The molecule has 9 heavy (non-hydrogen) atoms. The first-order valence-corrected chi connectivity index (χ1v) is 3.13. The molecule has 0 unspecified atom stereocenters. The Balaban J connectivity index is 2.44. The van der Waals surface area contributed by atoms with Crippen molar-refractivity contribution in [3.05, 3.63) is 0 Å². The number of carbonyl (C=O) groups excluding carboxylic acids is 1. The van der Waals surface area contributed by atoms with E-state index in [2.05, 4.69) is 5.32 Å². The van der Waals surface area contributed by atoms with Crippen LogP contribution in [0.15, 0.2) is 0 Å². The number of hydrogen-bond donors (Lipinski definition) is 1. The van der Waals surface area contributed by atoms with Gasteiger partial charge in [-0.1, -0.05) is 0 Å². The molecule has 0 spiro atoms. The minimum atomic E-state index is -0.152. The molecule has 1 fully saturated rings. The van der Waals surface area contributed by atoms with Gasteiger partial charge in [0.25, 0.3) is 0 Å². The zero-order chi connectivity index (χ0) is 6.85. The number of nitrogens with one attached hydrogen (secondary N) is 1. The van der Waals surface area contributed by atoms with E-state index in [4.69, 9.17) is 4.74 Å². The molecule has 0 aliphatic carbocycles. The van der Waals surface area contributed by atoms with Crippen LogP contribution in [0.2, 0.25) is 0 Å². The second-order valence-corrected chi connectivity index (χ2v) is 2.36. The Kier molecular flexibility index (Phi) is 1.71. The smallest absolute Gasteiger partial charge is 0.320 e. The highest BCUT2D eigenvalue weighted by atomic mass is 16.5. The van der Waals surface area contributed by atoms with Crippen LogP contribution in [0, 0.1) is 0 Å². The fraction of sp³-hybridized carbons (Fsp3) is 0.833. The quantitative estimate of drug-likeness (QED) is 0.464. The molecule has 0 aromatic carbocycles. The van der Waals surface area contributed by atoms with Crippen LogP contribution in [0.25, 0.3) is 0 Å². The van der Waals surface area contributed by atoms with Crippen LogP contribution in [-0.4, -0.2) is 24.7 Å². The van der Waals surface area contributed by atoms with Crippen molar-refractivity contribution < 1.29 is 9.53 Å². The van der Waals surface area contributed by atoms with Crippen LogP contribution in [0.1, 0.15) is 13.8 Å². The summed E-state index contributed by atoms with van der Waals surface area (Å²) in [6.45, 7) is 4.23. The van der Waals surface area contributed by atoms with Gasteiger partial charge >= 0.3 is 5.97 Å². The van der Waals surface area contributed by atoms with Crippen LogP contribution in [0.4, 0.5) is 0 Å². The average Bonchev–Trinajstić information content (AvgIpc) is 1.80. The van der Waals surface area contributed by atoms with E-state index in [9.17, 15) is 4.79 Å². The van der Waals surface area contributed by atoms with Gasteiger partial charge in [0.05, 0.1) is 6.54 Å². The number of hydrogen-bond acceptors (Lipinski definition) is 3. The summed E-state index contributed by atoms with van der Waals surface area (Å²) in [5, 5.41) is 3.01. The lowest BCUT2D eigenvalue weighted by Gasteiger charge is -2.26. The Labute approximate surface area is 54.4 Å². The van der Waals surface area contributed by atoms with Crippen molar-refractivity contribution in [1.29, 1.82) is 0 Å². The molecule has 1 aliphatic rings. The van der Waals surface area contributed by atoms with Gasteiger partial charge in [-0.05, 0) is 13.8 Å². The second kappa shape index (κ2) is 2.35. The molecule has 0 aromatic rings. The van der Waals surface area contributed by atoms with E-state index in [1.807, 2.05) is 13.8 Å². The number of rotatable bonds is 0. The van der Waals surface area contributed by atoms with Crippen molar-refractivity contribution in [1.82, 2.24) is 5.32 Å². The summed E-state index contributed by atoms with van der Waals surface area (Å²) in [5.41, 5.74) is 0. The van der Waals surface area contributed by atoms with Crippen LogP contribution in [-0.2, 0) is 9.53 Å². The first-order valence-electron chi connectivity index (χ1n) is 3.13. The SMILES string of the molecule is C[C@@H]1OC(=O)CN[C@@H]1C. The Hall–Kier alpha value is -0.570. The molecule has 52 valence electrons. The summed E-state index contributed by atoms with van der Waals surface area (Å²) in [5.74, 6) is -0.152. The molecule has 0 bridgehead atoms. The maximum absolute atomic E-state index is 10.5. The highest BCUT2D eigenvalue weighted by Gasteiger charge is 2.21. The van der Waals surface area contributed by atoms with Crippen LogP contribution < -0.4 is 5.32 Å². The Morgan fingerprint density at radius 1 is 1.67 bits per heavy atom. The van der Waals surface area contributed by atoms with Gasteiger partial charge in [0, 0.05) is 6.04 Å². The fourth-order valence-electron chi connectivity index (χ4n) is 0.761. The predicted octanol–water partition coefficient (Wildman–Crippen LogP) is -0.0902. The van der Waals surface area contributed by atoms with Crippen LogP contribution in [0.3, 0.4) is 0 Å². The first-order chi connectivity index (χ1) is 4.20. The summed E-state index contributed by atoms with van der Waals surface area (Å²) < 4.78 is 4.90. The lowest BCUT2D eigenvalue weighted by atomic mass is 10.2. The summed E-state index contributed by atoms with van der Waals surface area (Å²) in [7, 11) is 0. The summed E-state index contributed by atoms with van der Waals surface area (Å²) in [6.07, 6.45) is 0.0197. The molecule has 3 nitrogen and oxygen atoms in total. The van der Waals surface area contributed by atoms with E-state index in [1.54, 1.807) is 0 Å². The molecule has 1 heterocycles. The average molecular weight is 129 g/mol. The third-order valence-corrected chi connectivity index (χ3v) is 1.59. The van der Waals surface area contributed by atoms with Gasteiger partial charge in [0.2, 0.25) is 0 Å². The van der Waals surface area contributed by atoms with E-state index in [0.717, 1.165) is 0 Å². The summed E-state index contributed by atoms with van der Waals surface area (Å²) >= 11 is 0. The van der Waals surface area contributed by atoms with Gasteiger partial charge in [-0.25, -0.2) is 0 Å². The molecule has 0 saturated carbocycles.